The Morgan fingerprint density at radius 3 is 2.65 bits per heavy atom. The number of carbonyl (C=O) groups excluding carboxylic acids is 1. The summed E-state index contributed by atoms with van der Waals surface area (Å²) in [4.78, 5) is 17.8. The summed E-state index contributed by atoms with van der Waals surface area (Å²) in [6.45, 7) is 6.74. The first-order valence-corrected chi connectivity index (χ1v) is 11.6. The predicted molar refractivity (Wildman–Crippen MR) is 139 cm³/mol. The van der Waals surface area contributed by atoms with E-state index in [1.165, 1.54) is 10.4 Å². The van der Waals surface area contributed by atoms with Crippen molar-refractivity contribution in [3.63, 3.8) is 0 Å². The van der Waals surface area contributed by atoms with Gasteiger partial charge in [-0.1, -0.05) is 25.1 Å². The van der Waals surface area contributed by atoms with Crippen LogP contribution in [0.3, 0.4) is 0 Å². The highest BCUT2D eigenvalue weighted by Gasteiger charge is 2.23. The molecule has 1 amide bonds. The standard InChI is InChI=1S/C23H32N4O2S.HI/c1-3-24-23(26-15-17(2)21-5-4-14-30-21)25-13-12-18-6-10-20(11-7-18)29-16-22(28)27-19-8-9-19;/h4-7,10-11,14,17,19H,3,8-9,12-13,15-16H2,1-2H3,(H,27,28)(H2,24,25,26);1H. The van der Waals surface area contributed by atoms with Crippen LogP contribution in [0.1, 0.15) is 43.0 Å². The lowest BCUT2D eigenvalue weighted by Crippen LogP contribution is -2.38. The van der Waals surface area contributed by atoms with Crippen LogP contribution in [0, 0.1) is 0 Å². The molecule has 3 rings (SSSR count). The Kier molecular flexibility index (Phi) is 11.1. The molecule has 1 unspecified atom stereocenters. The molecule has 6 nitrogen and oxygen atoms in total. The van der Waals surface area contributed by atoms with Crippen LogP contribution in [0.15, 0.2) is 46.8 Å². The van der Waals surface area contributed by atoms with E-state index in [-0.39, 0.29) is 36.5 Å². The van der Waals surface area contributed by atoms with Crippen LogP contribution < -0.4 is 20.7 Å². The van der Waals surface area contributed by atoms with Gasteiger partial charge in [0.15, 0.2) is 12.6 Å². The van der Waals surface area contributed by atoms with Gasteiger partial charge in [-0.3, -0.25) is 9.79 Å². The normalized spacial score (nSPS) is 14.3. The highest BCUT2D eigenvalue weighted by molar-refractivity contribution is 14.0. The van der Waals surface area contributed by atoms with Gasteiger partial charge in [0, 0.05) is 29.9 Å². The number of hydrogen-bond donors (Lipinski definition) is 3. The summed E-state index contributed by atoms with van der Waals surface area (Å²) < 4.78 is 5.56. The fraction of sp³-hybridized carbons (Fsp3) is 0.478. The fourth-order valence-corrected chi connectivity index (χ4v) is 3.73. The molecule has 2 aromatic rings. The maximum Gasteiger partial charge on any atom is 0.258 e. The minimum absolute atomic E-state index is 0. The molecule has 0 saturated heterocycles. The zero-order valence-electron chi connectivity index (χ0n) is 18.2. The van der Waals surface area contributed by atoms with Crippen LogP contribution in [0.2, 0.25) is 0 Å². The number of rotatable bonds is 11. The Morgan fingerprint density at radius 2 is 2.00 bits per heavy atom. The van der Waals surface area contributed by atoms with Crippen molar-refractivity contribution in [2.24, 2.45) is 4.99 Å². The average Bonchev–Trinajstić information content (AvgIpc) is 3.38. The molecular formula is C23H33IN4O2S. The molecule has 0 spiro atoms. The van der Waals surface area contributed by atoms with Gasteiger partial charge in [0.05, 0.1) is 6.54 Å². The van der Waals surface area contributed by atoms with Gasteiger partial charge in [-0.25, -0.2) is 0 Å². The number of halogens is 1. The summed E-state index contributed by atoms with van der Waals surface area (Å²) in [6.07, 6.45) is 3.05. The van der Waals surface area contributed by atoms with Crippen molar-refractivity contribution >= 4 is 47.2 Å². The van der Waals surface area contributed by atoms with Gasteiger partial charge in [0.25, 0.3) is 5.91 Å². The van der Waals surface area contributed by atoms with Crippen LogP contribution >= 0.6 is 35.3 Å². The molecule has 1 aliphatic rings. The minimum Gasteiger partial charge on any atom is -0.484 e. The number of carbonyl (C=O) groups is 1. The summed E-state index contributed by atoms with van der Waals surface area (Å²) in [7, 11) is 0. The quantitative estimate of drug-likeness (QED) is 0.223. The van der Waals surface area contributed by atoms with Gasteiger partial charge in [0.2, 0.25) is 0 Å². The second-order valence-corrected chi connectivity index (χ2v) is 8.57. The number of guanidine groups is 1. The van der Waals surface area contributed by atoms with Crippen LogP contribution in [-0.4, -0.2) is 44.1 Å². The lowest BCUT2D eigenvalue weighted by Gasteiger charge is -2.13. The van der Waals surface area contributed by atoms with Crippen molar-refractivity contribution in [3.8, 4) is 5.75 Å². The number of benzene rings is 1. The molecule has 0 radical (unpaired) electrons. The molecule has 1 heterocycles. The zero-order valence-corrected chi connectivity index (χ0v) is 21.4. The van der Waals surface area contributed by atoms with Gasteiger partial charge in [-0.05, 0) is 55.3 Å². The molecule has 0 aliphatic heterocycles. The van der Waals surface area contributed by atoms with Crippen LogP contribution in [0.25, 0.3) is 0 Å². The molecule has 0 bridgehead atoms. The first-order chi connectivity index (χ1) is 14.6. The summed E-state index contributed by atoms with van der Waals surface area (Å²) in [6, 6.07) is 12.5. The number of hydrogen-bond acceptors (Lipinski definition) is 4. The second kappa shape index (κ2) is 13.6. The molecule has 1 atom stereocenters. The topological polar surface area (TPSA) is 74.8 Å². The van der Waals surface area contributed by atoms with Crippen molar-refractivity contribution in [2.75, 3.05) is 26.2 Å². The molecule has 3 N–H and O–H groups in total. The van der Waals surface area contributed by atoms with E-state index in [9.17, 15) is 4.79 Å². The lowest BCUT2D eigenvalue weighted by atomic mass is 10.1. The Hall–Kier alpha value is -1.81. The van der Waals surface area contributed by atoms with E-state index >= 15 is 0 Å². The van der Waals surface area contributed by atoms with Crippen molar-refractivity contribution in [2.45, 2.75) is 45.1 Å². The monoisotopic (exact) mass is 556 g/mol. The van der Waals surface area contributed by atoms with E-state index in [0.717, 1.165) is 50.6 Å². The first-order valence-electron chi connectivity index (χ1n) is 10.7. The van der Waals surface area contributed by atoms with Crippen molar-refractivity contribution in [1.82, 2.24) is 16.0 Å². The summed E-state index contributed by atoms with van der Waals surface area (Å²) in [5.41, 5.74) is 1.21. The highest BCUT2D eigenvalue weighted by Crippen LogP contribution is 2.20. The maximum absolute atomic E-state index is 11.7. The van der Waals surface area contributed by atoms with Gasteiger partial charge in [0.1, 0.15) is 5.75 Å². The zero-order chi connectivity index (χ0) is 21.2. The highest BCUT2D eigenvalue weighted by atomic mass is 127. The third kappa shape index (κ3) is 9.47. The van der Waals surface area contributed by atoms with Gasteiger partial charge in [-0.15, -0.1) is 35.3 Å². The van der Waals surface area contributed by atoms with Crippen molar-refractivity contribution in [1.29, 1.82) is 0 Å². The molecular weight excluding hydrogens is 523 g/mol. The summed E-state index contributed by atoms with van der Waals surface area (Å²) in [5.74, 6) is 1.94. The largest absolute Gasteiger partial charge is 0.484 e. The van der Waals surface area contributed by atoms with Gasteiger partial charge in [-0.2, -0.15) is 0 Å². The Bertz CT molecular complexity index is 807. The Labute approximate surface area is 206 Å². The van der Waals surface area contributed by atoms with E-state index < -0.39 is 0 Å². The number of ether oxygens (including phenoxy) is 1. The number of nitrogens with one attached hydrogen (secondary N) is 3. The van der Waals surface area contributed by atoms with Crippen LogP contribution in [-0.2, 0) is 11.2 Å². The lowest BCUT2D eigenvalue weighted by molar-refractivity contribution is -0.123. The maximum atomic E-state index is 11.7. The number of amides is 1. The third-order valence-electron chi connectivity index (χ3n) is 4.84. The predicted octanol–water partition coefficient (Wildman–Crippen LogP) is 3.92. The first kappa shape index (κ1) is 25.5. The SMILES string of the molecule is CCNC(=NCC(C)c1cccs1)NCCc1ccc(OCC(=O)NC2CC2)cc1.I. The summed E-state index contributed by atoms with van der Waals surface area (Å²) >= 11 is 1.78. The van der Waals surface area contributed by atoms with Gasteiger partial charge >= 0.3 is 0 Å². The van der Waals surface area contributed by atoms with E-state index in [1.807, 2.05) is 24.3 Å². The number of nitrogens with zero attached hydrogens (tertiary/aromatic N) is 1. The molecule has 1 aromatic carbocycles. The second-order valence-electron chi connectivity index (χ2n) is 7.59. The molecule has 8 heteroatoms. The molecule has 1 saturated carbocycles. The molecule has 31 heavy (non-hydrogen) atoms. The van der Waals surface area contributed by atoms with E-state index in [2.05, 4.69) is 47.3 Å². The van der Waals surface area contributed by atoms with Crippen molar-refractivity contribution in [3.05, 3.63) is 52.2 Å². The average molecular weight is 557 g/mol. The van der Waals surface area contributed by atoms with Crippen molar-refractivity contribution < 1.29 is 9.53 Å². The molecule has 1 fully saturated rings. The van der Waals surface area contributed by atoms with E-state index in [1.54, 1.807) is 11.3 Å². The smallest absolute Gasteiger partial charge is 0.258 e. The summed E-state index contributed by atoms with van der Waals surface area (Å²) in [5, 5.41) is 11.7. The number of thiophene rings is 1. The fourth-order valence-electron chi connectivity index (χ4n) is 2.96. The molecule has 170 valence electrons. The minimum atomic E-state index is -0.0468. The molecule has 1 aromatic heterocycles. The Morgan fingerprint density at radius 1 is 1.23 bits per heavy atom. The van der Waals surface area contributed by atoms with E-state index in [4.69, 9.17) is 9.73 Å². The third-order valence-corrected chi connectivity index (χ3v) is 5.94. The number of aliphatic imine (C=N–C) groups is 1. The Balaban J connectivity index is 0.00000341. The van der Waals surface area contributed by atoms with E-state index in [0.29, 0.717) is 12.0 Å². The van der Waals surface area contributed by atoms with Crippen LogP contribution in [0.5, 0.6) is 5.75 Å². The molecule has 1 aliphatic carbocycles. The van der Waals surface area contributed by atoms with Crippen LogP contribution in [0.4, 0.5) is 0 Å². The van der Waals surface area contributed by atoms with Gasteiger partial charge < -0.3 is 20.7 Å².